The van der Waals surface area contributed by atoms with Gasteiger partial charge >= 0.3 is 0 Å². The van der Waals surface area contributed by atoms with Gasteiger partial charge in [0.1, 0.15) is 5.82 Å². The molecular weight excluding hydrogens is 234 g/mol. The van der Waals surface area contributed by atoms with Gasteiger partial charge in [-0.15, -0.1) is 0 Å². The summed E-state index contributed by atoms with van der Waals surface area (Å²) in [4.78, 5) is 4.21. The Balaban J connectivity index is 2.06. The third-order valence-electron chi connectivity index (χ3n) is 3.39. The minimum atomic E-state index is 0.348. The van der Waals surface area contributed by atoms with Gasteiger partial charge in [0.25, 0.3) is 0 Å². The molecule has 1 aromatic carbocycles. The van der Waals surface area contributed by atoms with E-state index in [9.17, 15) is 0 Å². The Hall–Kier alpha value is -1.87. The van der Waals surface area contributed by atoms with E-state index in [0.717, 1.165) is 24.0 Å². The predicted octanol–water partition coefficient (Wildman–Crippen LogP) is 2.87. The highest BCUT2D eigenvalue weighted by atomic mass is 14.9. The van der Waals surface area contributed by atoms with Gasteiger partial charge in [-0.1, -0.05) is 36.4 Å². The van der Waals surface area contributed by atoms with Gasteiger partial charge in [-0.3, -0.25) is 0 Å². The molecule has 0 spiro atoms. The Morgan fingerprint density at radius 3 is 2.68 bits per heavy atom. The van der Waals surface area contributed by atoms with Crippen LogP contribution in [0, 0.1) is 6.92 Å². The quantitative estimate of drug-likeness (QED) is 0.863. The van der Waals surface area contributed by atoms with Gasteiger partial charge in [0, 0.05) is 12.2 Å². The third-order valence-corrected chi connectivity index (χ3v) is 3.39. The van der Waals surface area contributed by atoms with Crippen LogP contribution in [0.25, 0.3) is 0 Å². The Bertz CT molecular complexity index is 523. The smallest absolute Gasteiger partial charge is 0.126 e. The zero-order valence-electron chi connectivity index (χ0n) is 11.6. The molecule has 100 valence electrons. The third kappa shape index (κ3) is 3.55. The highest BCUT2D eigenvalue weighted by Gasteiger charge is 2.10. The number of hydrogen-bond acceptors (Lipinski definition) is 3. The van der Waals surface area contributed by atoms with Crippen molar-refractivity contribution < 1.29 is 0 Å². The minimum absolute atomic E-state index is 0.348. The van der Waals surface area contributed by atoms with E-state index >= 15 is 0 Å². The normalized spacial score (nSPS) is 12.3. The summed E-state index contributed by atoms with van der Waals surface area (Å²) in [6.07, 6.45) is 3.75. The molecule has 0 amide bonds. The molecule has 1 unspecified atom stereocenters. The van der Waals surface area contributed by atoms with E-state index in [0.29, 0.717) is 11.9 Å². The van der Waals surface area contributed by atoms with Crippen LogP contribution in [0.4, 0.5) is 5.82 Å². The number of rotatable bonds is 5. The van der Waals surface area contributed by atoms with Gasteiger partial charge in [-0.2, -0.15) is 0 Å². The lowest BCUT2D eigenvalue weighted by Gasteiger charge is -2.17. The van der Waals surface area contributed by atoms with E-state index in [1.807, 2.05) is 26.2 Å². The molecule has 0 radical (unpaired) electrons. The molecule has 1 atom stereocenters. The lowest BCUT2D eigenvalue weighted by atomic mass is 9.99. The molecule has 1 aromatic heterocycles. The average Bonchev–Trinajstić information content (AvgIpc) is 2.44. The van der Waals surface area contributed by atoms with Crippen molar-refractivity contribution in [1.29, 1.82) is 0 Å². The Labute approximate surface area is 114 Å². The van der Waals surface area contributed by atoms with Crippen LogP contribution >= 0.6 is 0 Å². The summed E-state index contributed by atoms with van der Waals surface area (Å²) >= 11 is 0. The number of benzene rings is 1. The number of nitrogens with two attached hydrogens (primary N) is 1. The largest absolute Gasteiger partial charge is 0.383 e. The lowest BCUT2D eigenvalue weighted by molar-refractivity contribution is 0.549. The van der Waals surface area contributed by atoms with Crippen molar-refractivity contribution in [1.82, 2.24) is 10.3 Å². The van der Waals surface area contributed by atoms with Crippen LogP contribution in [0.1, 0.15) is 29.2 Å². The maximum Gasteiger partial charge on any atom is 0.126 e. The summed E-state index contributed by atoms with van der Waals surface area (Å²) in [6.45, 7) is 2.04. The molecule has 0 fully saturated rings. The molecule has 0 bridgehead atoms. The van der Waals surface area contributed by atoms with Crippen molar-refractivity contribution in [3.05, 3.63) is 59.3 Å². The number of aromatic nitrogens is 1. The molecule has 19 heavy (non-hydrogen) atoms. The van der Waals surface area contributed by atoms with E-state index < -0.39 is 0 Å². The second-order valence-electron chi connectivity index (χ2n) is 4.85. The molecule has 2 rings (SSSR count). The van der Waals surface area contributed by atoms with Gasteiger partial charge in [-0.05, 0) is 43.5 Å². The number of pyridine rings is 1. The fourth-order valence-electron chi connectivity index (χ4n) is 2.30. The molecule has 0 aliphatic heterocycles. The van der Waals surface area contributed by atoms with Crippen molar-refractivity contribution >= 4 is 5.82 Å². The number of aryl methyl sites for hydroxylation is 2. The Morgan fingerprint density at radius 2 is 2.00 bits per heavy atom. The zero-order chi connectivity index (χ0) is 13.7. The minimum Gasteiger partial charge on any atom is -0.383 e. The molecule has 1 heterocycles. The zero-order valence-corrected chi connectivity index (χ0v) is 11.6. The van der Waals surface area contributed by atoms with Gasteiger partial charge in [-0.25, -0.2) is 4.98 Å². The van der Waals surface area contributed by atoms with Crippen LogP contribution in [-0.2, 0) is 6.42 Å². The van der Waals surface area contributed by atoms with Gasteiger partial charge in [0.2, 0.25) is 0 Å². The van der Waals surface area contributed by atoms with Crippen molar-refractivity contribution in [3.8, 4) is 0 Å². The fourth-order valence-corrected chi connectivity index (χ4v) is 2.30. The number of nitrogen functional groups attached to an aromatic ring is 1. The van der Waals surface area contributed by atoms with Gasteiger partial charge < -0.3 is 11.1 Å². The highest BCUT2D eigenvalue weighted by molar-refractivity contribution is 5.40. The van der Waals surface area contributed by atoms with Crippen LogP contribution in [-0.4, -0.2) is 12.0 Å². The number of hydrogen-bond donors (Lipinski definition) is 2. The van der Waals surface area contributed by atoms with Crippen molar-refractivity contribution in [2.24, 2.45) is 0 Å². The van der Waals surface area contributed by atoms with Crippen LogP contribution in [0.15, 0.2) is 42.6 Å². The molecular formula is C16H21N3. The average molecular weight is 255 g/mol. The van der Waals surface area contributed by atoms with Crippen LogP contribution < -0.4 is 11.1 Å². The topological polar surface area (TPSA) is 50.9 Å². The molecule has 0 saturated heterocycles. The molecule has 0 saturated carbocycles. The summed E-state index contributed by atoms with van der Waals surface area (Å²) < 4.78 is 0. The van der Waals surface area contributed by atoms with Gasteiger partial charge in [0.05, 0.1) is 0 Å². The van der Waals surface area contributed by atoms with E-state index in [-0.39, 0.29) is 0 Å². The number of nitrogens with zero attached hydrogens (tertiary/aromatic N) is 1. The summed E-state index contributed by atoms with van der Waals surface area (Å²) in [5.74, 6) is 0.647. The number of anilines is 1. The van der Waals surface area contributed by atoms with Gasteiger partial charge in [0.15, 0.2) is 0 Å². The number of nitrogens with one attached hydrogen (secondary N) is 1. The standard InChI is InChI=1S/C16H21N3/c1-12-10-14(16(17)19-11-12)8-9-15(18-2)13-6-4-3-5-7-13/h3-7,10-11,15,18H,8-9H2,1-2H3,(H2,17,19). The molecule has 3 N–H and O–H groups in total. The van der Waals surface area contributed by atoms with E-state index in [2.05, 4.69) is 40.6 Å². The van der Waals surface area contributed by atoms with Crippen molar-refractivity contribution in [3.63, 3.8) is 0 Å². The summed E-state index contributed by atoms with van der Waals surface area (Å²) in [5.41, 5.74) is 9.53. The maximum atomic E-state index is 5.92. The molecule has 0 aliphatic rings. The first-order chi connectivity index (χ1) is 9.20. The van der Waals surface area contributed by atoms with E-state index in [1.165, 1.54) is 5.56 Å². The van der Waals surface area contributed by atoms with Crippen LogP contribution in [0.2, 0.25) is 0 Å². The molecule has 3 nitrogen and oxygen atoms in total. The second kappa shape index (κ2) is 6.34. The van der Waals surface area contributed by atoms with E-state index in [1.54, 1.807) is 0 Å². The van der Waals surface area contributed by atoms with Crippen molar-refractivity contribution in [2.75, 3.05) is 12.8 Å². The van der Waals surface area contributed by atoms with Crippen LogP contribution in [0.5, 0.6) is 0 Å². The summed E-state index contributed by atoms with van der Waals surface area (Å²) in [6, 6.07) is 13.0. The SMILES string of the molecule is CNC(CCc1cc(C)cnc1N)c1ccccc1. The summed E-state index contributed by atoms with van der Waals surface area (Å²) in [5, 5.41) is 3.36. The second-order valence-corrected chi connectivity index (χ2v) is 4.85. The Morgan fingerprint density at radius 1 is 1.26 bits per heavy atom. The van der Waals surface area contributed by atoms with E-state index in [4.69, 9.17) is 5.73 Å². The first kappa shape index (κ1) is 13.6. The fraction of sp³-hybridized carbons (Fsp3) is 0.312. The monoisotopic (exact) mass is 255 g/mol. The first-order valence-electron chi connectivity index (χ1n) is 6.64. The van der Waals surface area contributed by atoms with Crippen molar-refractivity contribution in [2.45, 2.75) is 25.8 Å². The maximum absolute atomic E-state index is 5.92. The molecule has 2 aromatic rings. The molecule has 0 aliphatic carbocycles. The highest BCUT2D eigenvalue weighted by Crippen LogP contribution is 2.20. The summed E-state index contributed by atoms with van der Waals surface area (Å²) in [7, 11) is 2.00. The Kier molecular flexibility index (Phi) is 4.53. The predicted molar refractivity (Wildman–Crippen MR) is 80.0 cm³/mol. The lowest BCUT2D eigenvalue weighted by Crippen LogP contribution is -2.17. The first-order valence-corrected chi connectivity index (χ1v) is 6.64. The molecule has 3 heteroatoms. The van der Waals surface area contributed by atoms with Crippen LogP contribution in [0.3, 0.4) is 0 Å².